The Labute approximate surface area is 123 Å². The lowest BCUT2D eigenvalue weighted by Crippen LogP contribution is -2.02. The van der Waals surface area contributed by atoms with Crippen molar-refractivity contribution >= 4 is 34.4 Å². The van der Waals surface area contributed by atoms with Gasteiger partial charge in [0.1, 0.15) is 5.75 Å². The van der Waals surface area contributed by atoms with Gasteiger partial charge in [-0.2, -0.15) is 11.8 Å². The first kappa shape index (κ1) is 13.5. The van der Waals surface area contributed by atoms with Crippen LogP contribution in [0.15, 0.2) is 35.3 Å². The molecule has 2 rings (SSSR count). The quantitative estimate of drug-likeness (QED) is 0.602. The summed E-state index contributed by atoms with van der Waals surface area (Å²) in [6.45, 7) is 0.667. The zero-order chi connectivity index (χ0) is 12.8. The van der Waals surface area contributed by atoms with Crippen molar-refractivity contribution in [1.82, 2.24) is 9.97 Å². The van der Waals surface area contributed by atoms with Crippen molar-refractivity contribution in [3.05, 3.63) is 50.2 Å². The van der Waals surface area contributed by atoms with Crippen LogP contribution < -0.4 is 10.4 Å². The summed E-state index contributed by atoms with van der Waals surface area (Å²) in [6, 6.07) is 7.98. The van der Waals surface area contributed by atoms with Gasteiger partial charge in [-0.25, -0.2) is 4.79 Å². The molecule has 6 heteroatoms. The Morgan fingerprint density at radius 3 is 2.72 bits per heavy atom. The predicted octanol–water partition coefficient (Wildman–Crippen LogP) is 2.62. The second-order valence-electron chi connectivity index (χ2n) is 3.62. The smallest absolute Gasteiger partial charge is 0.323 e. The molecule has 2 N–H and O–H groups in total. The fourth-order valence-electron chi connectivity index (χ4n) is 1.38. The molecule has 0 radical (unpaired) electrons. The molecule has 1 aromatic carbocycles. The Morgan fingerprint density at radius 1 is 1.28 bits per heavy atom. The van der Waals surface area contributed by atoms with Crippen LogP contribution in [0.25, 0.3) is 0 Å². The zero-order valence-electron chi connectivity index (χ0n) is 9.61. The van der Waals surface area contributed by atoms with Gasteiger partial charge in [-0.3, -0.25) is 0 Å². The van der Waals surface area contributed by atoms with Crippen LogP contribution >= 0.6 is 34.4 Å². The number of benzene rings is 1. The highest BCUT2D eigenvalue weighted by Crippen LogP contribution is 2.14. The largest absolute Gasteiger partial charge is 0.493 e. The first-order chi connectivity index (χ1) is 8.74. The van der Waals surface area contributed by atoms with Crippen molar-refractivity contribution in [2.75, 3.05) is 12.4 Å². The van der Waals surface area contributed by atoms with Gasteiger partial charge in [-0.15, -0.1) is 0 Å². The van der Waals surface area contributed by atoms with Crippen molar-refractivity contribution in [3.63, 3.8) is 0 Å². The Morgan fingerprint density at radius 2 is 2.06 bits per heavy atom. The lowest BCUT2D eigenvalue weighted by molar-refractivity contribution is 0.344. The van der Waals surface area contributed by atoms with Crippen LogP contribution in [0.3, 0.4) is 0 Å². The van der Waals surface area contributed by atoms with Crippen molar-refractivity contribution in [2.45, 2.75) is 5.75 Å². The molecule has 1 aromatic heterocycles. The van der Waals surface area contributed by atoms with E-state index in [9.17, 15) is 4.79 Å². The average molecular weight is 376 g/mol. The molecule has 0 aliphatic carbocycles. The minimum absolute atomic E-state index is 0.152. The van der Waals surface area contributed by atoms with Crippen LogP contribution in [0.4, 0.5) is 0 Å². The van der Waals surface area contributed by atoms with E-state index in [1.165, 1.54) is 3.57 Å². The van der Waals surface area contributed by atoms with E-state index in [4.69, 9.17) is 4.74 Å². The third-order valence-electron chi connectivity index (χ3n) is 2.22. The van der Waals surface area contributed by atoms with Gasteiger partial charge in [0.2, 0.25) is 0 Å². The van der Waals surface area contributed by atoms with Crippen molar-refractivity contribution in [3.8, 4) is 5.75 Å². The van der Waals surface area contributed by atoms with Crippen molar-refractivity contribution in [2.24, 2.45) is 0 Å². The maximum Gasteiger partial charge on any atom is 0.323 e. The van der Waals surface area contributed by atoms with E-state index in [0.717, 1.165) is 22.9 Å². The molecule has 0 fully saturated rings. The highest BCUT2D eigenvalue weighted by molar-refractivity contribution is 14.1. The van der Waals surface area contributed by atoms with E-state index < -0.39 is 0 Å². The summed E-state index contributed by atoms with van der Waals surface area (Å²) in [5.41, 5.74) is 0.764. The Kier molecular flexibility index (Phi) is 5.18. The van der Waals surface area contributed by atoms with Gasteiger partial charge in [0.15, 0.2) is 0 Å². The fraction of sp³-hybridized carbons (Fsp3) is 0.250. The SMILES string of the molecule is O=c1[nH]cc(CSCCOc2ccc(I)cc2)[nH]1. The third kappa shape index (κ3) is 4.41. The molecule has 0 aliphatic rings. The highest BCUT2D eigenvalue weighted by Gasteiger charge is 1.97. The van der Waals surface area contributed by atoms with Gasteiger partial charge in [0.25, 0.3) is 0 Å². The van der Waals surface area contributed by atoms with Gasteiger partial charge in [0, 0.05) is 27.0 Å². The van der Waals surface area contributed by atoms with Crippen LogP contribution in [0, 0.1) is 3.57 Å². The molecular weight excluding hydrogens is 363 g/mol. The second kappa shape index (κ2) is 6.89. The number of aromatic nitrogens is 2. The first-order valence-electron chi connectivity index (χ1n) is 5.47. The second-order valence-corrected chi connectivity index (χ2v) is 5.97. The van der Waals surface area contributed by atoms with E-state index in [2.05, 4.69) is 32.6 Å². The van der Waals surface area contributed by atoms with Crippen LogP contribution in [0.5, 0.6) is 5.75 Å². The van der Waals surface area contributed by atoms with E-state index in [1.54, 1.807) is 18.0 Å². The van der Waals surface area contributed by atoms with Gasteiger partial charge >= 0.3 is 5.69 Å². The Bertz CT molecular complexity index is 536. The van der Waals surface area contributed by atoms with Crippen molar-refractivity contribution in [1.29, 1.82) is 0 Å². The van der Waals surface area contributed by atoms with Gasteiger partial charge in [-0.1, -0.05) is 0 Å². The topological polar surface area (TPSA) is 57.9 Å². The number of hydrogen-bond donors (Lipinski definition) is 2. The Hall–Kier alpha value is -0.890. The standard InChI is InChI=1S/C12H13IN2O2S/c13-9-1-3-11(4-2-9)17-5-6-18-8-10-7-14-12(16)15-10/h1-4,7H,5-6,8H2,(H2,14,15,16). The summed E-state index contributed by atoms with van der Waals surface area (Å²) in [4.78, 5) is 16.1. The fourth-order valence-corrected chi connectivity index (χ4v) is 2.46. The maximum absolute atomic E-state index is 10.8. The molecule has 2 aromatic rings. The minimum Gasteiger partial charge on any atom is -0.493 e. The molecule has 18 heavy (non-hydrogen) atoms. The summed E-state index contributed by atoms with van der Waals surface area (Å²) < 4.78 is 6.80. The van der Waals surface area contributed by atoms with Crippen LogP contribution in [-0.4, -0.2) is 22.3 Å². The number of H-pyrrole nitrogens is 2. The van der Waals surface area contributed by atoms with Crippen molar-refractivity contribution < 1.29 is 4.74 Å². The van der Waals surface area contributed by atoms with E-state index in [-0.39, 0.29) is 5.69 Å². The molecular formula is C12H13IN2O2S. The average Bonchev–Trinajstić information content (AvgIpc) is 2.77. The van der Waals surface area contributed by atoms with Gasteiger partial charge in [0.05, 0.1) is 6.61 Å². The normalized spacial score (nSPS) is 10.5. The molecule has 0 unspecified atom stereocenters. The molecule has 0 spiro atoms. The lowest BCUT2D eigenvalue weighted by atomic mass is 10.3. The predicted molar refractivity (Wildman–Crippen MR) is 82.2 cm³/mol. The summed E-state index contributed by atoms with van der Waals surface area (Å²) in [6.07, 6.45) is 1.70. The molecule has 0 aliphatic heterocycles. The van der Waals surface area contributed by atoms with E-state index in [1.807, 2.05) is 24.3 Å². The maximum atomic E-state index is 10.8. The number of aromatic amines is 2. The molecule has 4 nitrogen and oxygen atoms in total. The molecule has 0 atom stereocenters. The number of halogens is 1. The Balaban J connectivity index is 1.64. The number of nitrogens with one attached hydrogen (secondary N) is 2. The summed E-state index contributed by atoms with van der Waals surface area (Å²) in [5, 5.41) is 0. The van der Waals surface area contributed by atoms with Gasteiger partial charge in [-0.05, 0) is 46.9 Å². The number of imidazole rings is 1. The molecule has 96 valence electrons. The van der Waals surface area contributed by atoms with Gasteiger partial charge < -0.3 is 14.7 Å². The van der Waals surface area contributed by atoms with Crippen LogP contribution in [0.1, 0.15) is 5.69 Å². The third-order valence-corrected chi connectivity index (χ3v) is 3.91. The van der Waals surface area contributed by atoms with Crippen LogP contribution in [-0.2, 0) is 5.75 Å². The van der Waals surface area contributed by atoms with E-state index in [0.29, 0.717) is 6.61 Å². The number of thioether (sulfide) groups is 1. The molecule has 0 saturated carbocycles. The molecule has 0 bridgehead atoms. The van der Waals surface area contributed by atoms with E-state index >= 15 is 0 Å². The molecule has 0 amide bonds. The van der Waals surface area contributed by atoms with Crippen LogP contribution in [0.2, 0.25) is 0 Å². The number of hydrogen-bond acceptors (Lipinski definition) is 3. The minimum atomic E-state index is -0.152. The molecule has 0 saturated heterocycles. The number of ether oxygens (including phenoxy) is 1. The first-order valence-corrected chi connectivity index (χ1v) is 7.70. The summed E-state index contributed by atoms with van der Waals surface area (Å²) >= 11 is 3.99. The lowest BCUT2D eigenvalue weighted by Gasteiger charge is -2.05. The monoisotopic (exact) mass is 376 g/mol. The summed E-state index contributed by atoms with van der Waals surface area (Å²) in [7, 11) is 0. The zero-order valence-corrected chi connectivity index (χ0v) is 12.6. The summed E-state index contributed by atoms with van der Waals surface area (Å²) in [5.74, 6) is 2.57. The molecule has 1 heterocycles. The highest BCUT2D eigenvalue weighted by atomic mass is 127. The number of rotatable bonds is 6.